The summed E-state index contributed by atoms with van der Waals surface area (Å²) < 4.78 is 2.28. The minimum absolute atomic E-state index is 0.612. The topological polar surface area (TPSA) is 30.9 Å². The summed E-state index contributed by atoms with van der Waals surface area (Å²) in [5, 5.41) is 1.97. The minimum atomic E-state index is 0.612. The van der Waals surface area contributed by atoms with E-state index in [1.807, 2.05) is 11.8 Å². The molecule has 2 nitrogen and oxygen atoms in total. The summed E-state index contributed by atoms with van der Waals surface area (Å²) in [6.07, 6.45) is 0. The van der Waals surface area contributed by atoms with E-state index in [-0.39, 0.29) is 0 Å². The zero-order valence-electron chi connectivity index (χ0n) is 10.7. The largest absolute Gasteiger partial charge is 0.347 e. The highest BCUT2D eigenvalue weighted by atomic mass is 32.2. The highest BCUT2D eigenvalue weighted by molar-refractivity contribution is 7.99. The quantitative estimate of drug-likeness (QED) is 0.900. The van der Waals surface area contributed by atoms with Crippen LogP contribution in [0.2, 0.25) is 0 Å². The van der Waals surface area contributed by atoms with Crippen molar-refractivity contribution in [2.45, 2.75) is 31.4 Å². The number of aryl methyl sites for hydroxylation is 1. The molecule has 17 heavy (non-hydrogen) atoms. The van der Waals surface area contributed by atoms with Gasteiger partial charge in [0.15, 0.2) is 0 Å². The predicted octanol–water partition coefficient (Wildman–Crippen LogP) is 3.28. The maximum atomic E-state index is 5.67. The van der Waals surface area contributed by atoms with E-state index in [1.54, 1.807) is 0 Å². The Kier molecular flexibility index (Phi) is 3.79. The molecule has 0 amide bonds. The molecule has 0 unspecified atom stereocenters. The Hall–Kier alpha value is -0.930. The molecule has 1 heterocycles. The number of hydrogen-bond donors (Lipinski definition) is 1. The van der Waals surface area contributed by atoms with Gasteiger partial charge in [-0.3, -0.25) is 0 Å². The number of benzene rings is 1. The Morgan fingerprint density at radius 3 is 2.71 bits per heavy atom. The molecule has 0 aliphatic carbocycles. The summed E-state index contributed by atoms with van der Waals surface area (Å²) in [4.78, 5) is 0. The molecular formula is C14H20N2S. The molecule has 0 aliphatic rings. The Morgan fingerprint density at radius 2 is 2.06 bits per heavy atom. The normalized spacial score (nSPS) is 11.6. The van der Waals surface area contributed by atoms with Crippen molar-refractivity contribution in [3.8, 4) is 0 Å². The summed E-state index contributed by atoms with van der Waals surface area (Å²) in [6, 6.07) is 8.76. The van der Waals surface area contributed by atoms with E-state index in [0.717, 1.165) is 5.75 Å². The third-order valence-corrected chi connectivity index (χ3v) is 4.14. The van der Waals surface area contributed by atoms with Crippen LogP contribution in [0, 0.1) is 0 Å². The Balaban J connectivity index is 2.34. The molecule has 1 aromatic heterocycles. The molecule has 0 fully saturated rings. The first kappa shape index (κ1) is 12.5. The molecule has 3 heteroatoms. The first-order chi connectivity index (χ1) is 8.11. The third kappa shape index (κ3) is 2.67. The van der Waals surface area contributed by atoms with Crippen LogP contribution in [0.25, 0.3) is 10.9 Å². The van der Waals surface area contributed by atoms with Crippen LogP contribution in [0.3, 0.4) is 0 Å². The average molecular weight is 248 g/mol. The average Bonchev–Trinajstić information content (AvgIpc) is 2.63. The van der Waals surface area contributed by atoms with Gasteiger partial charge in [-0.05, 0) is 29.0 Å². The summed E-state index contributed by atoms with van der Waals surface area (Å²) in [6.45, 7) is 5.08. The minimum Gasteiger partial charge on any atom is -0.347 e. The van der Waals surface area contributed by atoms with Gasteiger partial charge in [-0.1, -0.05) is 19.9 Å². The summed E-state index contributed by atoms with van der Waals surface area (Å²) in [7, 11) is 2.14. The fraction of sp³-hybridized carbons (Fsp3) is 0.429. The molecular weight excluding hydrogens is 228 g/mol. The monoisotopic (exact) mass is 248 g/mol. The molecule has 0 aliphatic heterocycles. The summed E-state index contributed by atoms with van der Waals surface area (Å²) in [5.41, 5.74) is 9.55. The van der Waals surface area contributed by atoms with E-state index in [1.165, 1.54) is 22.2 Å². The number of fused-ring (bicyclic) bond motifs is 1. The number of nitrogens with two attached hydrogens (primary N) is 1. The molecule has 0 radical (unpaired) electrons. The second kappa shape index (κ2) is 5.15. The zero-order valence-corrected chi connectivity index (χ0v) is 11.6. The maximum Gasteiger partial charge on any atom is 0.0480 e. The van der Waals surface area contributed by atoms with Gasteiger partial charge in [0, 0.05) is 35.9 Å². The van der Waals surface area contributed by atoms with Gasteiger partial charge in [-0.15, -0.1) is 0 Å². The maximum absolute atomic E-state index is 5.67. The molecule has 2 N–H and O–H groups in total. The standard InChI is InChI=1S/C14H20N2S/c1-10(2)17-9-13-7-12-6-11(8-15)4-5-14(12)16(13)3/h4-7,10H,8-9,15H2,1-3H3. The highest BCUT2D eigenvalue weighted by Crippen LogP contribution is 2.24. The fourth-order valence-corrected chi connectivity index (χ4v) is 2.75. The predicted molar refractivity (Wildman–Crippen MR) is 77.2 cm³/mol. The molecule has 0 saturated heterocycles. The van der Waals surface area contributed by atoms with Gasteiger partial charge in [0.25, 0.3) is 0 Å². The lowest BCUT2D eigenvalue weighted by molar-refractivity contribution is 0.907. The van der Waals surface area contributed by atoms with E-state index < -0.39 is 0 Å². The third-order valence-electron chi connectivity index (χ3n) is 3.01. The molecule has 92 valence electrons. The van der Waals surface area contributed by atoms with Crippen molar-refractivity contribution >= 4 is 22.7 Å². The number of rotatable bonds is 4. The van der Waals surface area contributed by atoms with Gasteiger partial charge in [-0.25, -0.2) is 0 Å². The summed E-state index contributed by atoms with van der Waals surface area (Å²) >= 11 is 1.98. The SMILES string of the molecule is CC(C)SCc1cc2cc(CN)ccc2n1C. The van der Waals surface area contributed by atoms with Crippen LogP contribution in [0.15, 0.2) is 24.3 Å². The van der Waals surface area contributed by atoms with Gasteiger partial charge >= 0.3 is 0 Å². The van der Waals surface area contributed by atoms with Crippen molar-refractivity contribution in [2.75, 3.05) is 0 Å². The van der Waals surface area contributed by atoms with Crippen LogP contribution in [-0.2, 0) is 19.3 Å². The lowest BCUT2D eigenvalue weighted by Crippen LogP contribution is -1.97. The number of hydrogen-bond acceptors (Lipinski definition) is 2. The fourth-order valence-electron chi connectivity index (χ4n) is 1.97. The molecule has 1 aromatic carbocycles. The lowest BCUT2D eigenvalue weighted by atomic mass is 10.1. The molecule has 2 rings (SSSR count). The number of thioether (sulfide) groups is 1. The van der Waals surface area contributed by atoms with E-state index in [9.17, 15) is 0 Å². The van der Waals surface area contributed by atoms with Crippen LogP contribution in [0.4, 0.5) is 0 Å². The van der Waals surface area contributed by atoms with Gasteiger partial charge in [-0.2, -0.15) is 11.8 Å². The molecule has 0 bridgehead atoms. The molecule has 2 aromatic rings. The van der Waals surface area contributed by atoms with Crippen LogP contribution in [-0.4, -0.2) is 9.82 Å². The Bertz CT molecular complexity index is 514. The second-order valence-electron chi connectivity index (χ2n) is 4.65. The Labute approximate surface area is 107 Å². The number of nitrogens with zero attached hydrogens (tertiary/aromatic N) is 1. The van der Waals surface area contributed by atoms with E-state index in [0.29, 0.717) is 11.8 Å². The zero-order chi connectivity index (χ0) is 12.4. The van der Waals surface area contributed by atoms with Gasteiger partial charge in [0.1, 0.15) is 0 Å². The molecule has 0 atom stereocenters. The highest BCUT2D eigenvalue weighted by Gasteiger charge is 2.07. The first-order valence-electron chi connectivity index (χ1n) is 6.00. The first-order valence-corrected chi connectivity index (χ1v) is 7.05. The summed E-state index contributed by atoms with van der Waals surface area (Å²) in [5.74, 6) is 1.07. The van der Waals surface area contributed by atoms with E-state index in [4.69, 9.17) is 5.73 Å². The van der Waals surface area contributed by atoms with Crippen LogP contribution >= 0.6 is 11.8 Å². The van der Waals surface area contributed by atoms with Crippen LogP contribution in [0.5, 0.6) is 0 Å². The second-order valence-corrected chi connectivity index (χ2v) is 6.22. The number of aromatic nitrogens is 1. The van der Waals surface area contributed by atoms with Crippen molar-refractivity contribution in [1.82, 2.24) is 4.57 Å². The van der Waals surface area contributed by atoms with Crippen LogP contribution < -0.4 is 5.73 Å². The molecule has 0 spiro atoms. The molecule has 0 saturated carbocycles. The van der Waals surface area contributed by atoms with E-state index in [2.05, 4.69) is 49.7 Å². The van der Waals surface area contributed by atoms with Crippen LogP contribution in [0.1, 0.15) is 25.1 Å². The van der Waals surface area contributed by atoms with Crippen molar-refractivity contribution < 1.29 is 0 Å². The van der Waals surface area contributed by atoms with E-state index >= 15 is 0 Å². The lowest BCUT2D eigenvalue weighted by Gasteiger charge is -2.06. The van der Waals surface area contributed by atoms with Crippen molar-refractivity contribution in [3.05, 3.63) is 35.5 Å². The Morgan fingerprint density at radius 1 is 1.29 bits per heavy atom. The van der Waals surface area contributed by atoms with Gasteiger partial charge in [0.2, 0.25) is 0 Å². The van der Waals surface area contributed by atoms with Crippen molar-refractivity contribution in [3.63, 3.8) is 0 Å². The van der Waals surface area contributed by atoms with Crippen molar-refractivity contribution in [2.24, 2.45) is 12.8 Å². The van der Waals surface area contributed by atoms with Gasteiger partial charge < -0.3 is 10.3 Å². The van der Waals surface area contributed by atoms with Gasteiger partial charge in [0.05, 0.1) is 0 Å². The smallest absolute Gasteiger partial charge is 0.0480 e. The van der Waals surface area contributed by atoms with Crippen molar-refractivity contribution in [1.29, 1.82) is 0 Å².